The molecule has 0 unspecified atom stereocenters. The summed E-state index contributed by atoms with van der Waals surface area (Å²) in [6, 6.07) is 30.4. The van der Waals surface area contributed by atoms with Gasteiger partial charge in [-0.2, -0.15) is 0 Å². The lowest BCUT2D eigenvalue weighted by atomic mass is 10.2. The molecule has 0 radical (unpaired) electrons. The summed E-state index contributed by atoms with van der Waals surface area (Å²) >= 11 is 0. The highest BCUT2D eigenvalue weighted by Crippen LogP contribution is 2.28. The van der Waals surface area contributed by atoms with Crippen molar-refractivity contribution in [1.29, 1.82) is 0 Å². The third kappa shape index (κ3) is 6.38. The van der Waals surface area contributed by atoms with Gasteiger partial charge in [0.15, 0.2) is 0 Å². The van der Waals surface area contributed by atoms with Crippen molar-refractivity contribution in [1.82, 2.24) is 0 Å². The molecule has 0 aliphatic carbocycles. The summed E-state index contributed by atoms with van der Waals surface area (Å²) in [5.41, 5.74) is 4.62. The standard InChI is InChI=1S/C26H25N5O3S/c1-31(23-15-13-20(14-16-23)30-26(32)29-19-7-3-2-4-8-19)24-11-5-9-21(17-24)28-22-10-6-12-25(18-22)35(27,33)34/h2-18,28H,1H3,(H2,27,33,34)(H2,29,30,32). The molecule has 35 heavy (non-hydrogen) atoms. The van der Waals surface area contributed by atoms with Crippen LogP contribution >= 0.6 is 0 Å². The maximum atomic E-state index is 12.2. The van der Waals surface area contributed by atoms with Gasteiger partial charge < -0.3 is 20.9 Å². The van der Waals surface area contributed by atoms with Crippen LogP contribution in [0.1, 0.15) is 0 Å². The molecule has 0 spiro atoms. The molecule has 0 fully saturated rings. The number of sulfonamides is 1. The normalized spacial score (nSPS) is 10.9. The van der Waals surface area contributed by atoms with Gasteiger partial charge in [-0.1, -0.05) is 30.3 Å². The topological polar surface area (TPSA) is 117 Å². The van der Waals surface area contributed by atoms with Gasteiger partial charge in [0.25, 0.3) is 0 Å². The number of para-hydroxylation sites is 1. The molecule has 4 rings (SSSR count). The van der Waals surface area contributed by atoms with Gasteiger partial charge in [-0.25, -0.2) is 18.4 Å². The van der Waals surface area contributed by atoms with E-state index < -0.39 is 10.0 Å². The number of benzene rings is 4. The van der Waals surface area contributed by atoms with Gasteiger partial charge in [-0.3, -0.25) is 0 Å². The van der Waals surface area contributed by atoms with Crippen molar-refractivity contribution < 1.29 is 13.2 Å². The molecule has 4 aromatic rings. The van der Waals surface area contributed by atoms with Crippen LogP contribution in [0.3, 0.4) is 0 Å². The number of carbonyl (C=O) groups excluding carboxylic acids is 1. The first kappa shape index (κ1) is 23.8. The zero-order valence-electron chi connectivity index (χ0n) is 19.0. The Morgan fingerprint density at radius 1 is 0.686 bits per heavy atom. The molecule has 0 aromatic heterocycles. The molecule has 2 amide bonds. The molecule has 0 aliphatic heterocycles. The van der Waals surface area contributed by atoms with E-state index in [4.69, 9.17) is 5.14 Å². The second kappa shape index (κ2) is 10.3. The molecule has 0 heterocycles. The number of anilines is 6. The van der Waals surface area contributed by atoms with E-state index in [0.29, 0.717) is 17.1 Å². The van der Waals surface area contributed by atoms with Crippen LogP contribution in [-0.4, -0.2) is 21.5 Å². The monoisotopic (exact) mass is 487 g/mol. The van der Waals surface area contributed by atoms with Gasteiger partial charge in [-0.15, -0.1) is 0 Å². The summed E-state index contributed by atoms with van der Waals surface area (Å²) in [5, 5.41) is 14.0. The Bertz CT molecular complexity index is 1430. The summed E-state index contributed by atoms with van der Waals surface area (Å²) in [7, 11) is -1.85. The Labute approximate surface area is 204 Å². The first-order chi connectivity index (χ1) is 16.8. The highest BCUT2D eigenvalue weighted by molar-refractivity contribution is 7.89. The molecule has 0 saturated carbocycles. The molecule has 8 nitrogen and oxygen atoms in total. The van der Waals surface area contributed by atoms with Crippen molar-refractivity contribution in [2.45, 2.75) is 4.90 Å². The Hall–Kier alpha value is -4.34. The highest BCUT2D eigenvalue weighted by Gasteiger charge is 2.10. The first-order valence-corrected chi connectivity index (χ1v) is 12.3. The predicted molar refractivity (Wildman–Crippen MR) is 141 cm³/mol. The van der Waals surface area contributed by atoms with E-state index in [-0.39, 0.29) is 10.9 Å². The number of nitrogens with two attached hydrogens (primary N) is 1. The number of primary sulfonamides is 1. The zero-order valence-corrected chi connectivity index (χ0v) is 19.8. The van der Waals surface area contributed by atoms with Crippen LogP contribution in [0.25, 0.3) is 0 Å². The summed E-state index contributed by atoms with van der Waals surface area (Å²) in [4.78, 5) is 14.2. The summed E-state index contributed by atoms with van der Waals surface area (Å²) in [6.45, 7) is 0. The van der Waals surface area contributed by atoms with Crippen LogP contribution in [-0.2, 0) is 10.0 Å². The Balaban J connectivity index is 1.43. The molecule has 0 atom stereocenters. The molecule has 4 aromatic carbocycles. The van der Waals surface area contributed by atoms with Crippen LogP contribution < -0.4 is 26.0 Å². The van der Waals surface area contributed by atoms with Gasteiger partial charge in [0.2, 0.25) is 10.0 Å². The second-order valence-electron chi connectivity index (χ2n) is 7.80. The first-order valence-electron chi connectivity index (χ1n) is 10.7. The van der Waals surface area contributed by atoms with Gasteiger partial charge in [0.1, 0.15) is 0 Å². The fourth-order valence-corrected chi connectivity index (χ4v) is 4.00. The summed E-state index contributed by atoms with van der Waals surface area (Å²) in [5.74, 6) is 0. The van der Waals surface area contributed by atoms with Crippen molar-refractivity contribution in [3.63, 3.8) is 0 Å². The van der Waals surface area contributed by atoms with E-state index in [9.17, 15) is 13.2 Å². The average Bonchev–Trinajstić information content (AvgIpc) is 2.84. The number of amides is 2. The van der Waals surface area contributed by atoms with Gasteiger partial charge >= 0.3 is 6.03 Å². The minimum atomic E-state index is -3.78. The second-order valence-corrected chi connectivity index (χ2v) is 9.36. The lowest BCUT2D eigenvalue weighted by Crippen LogP contribution is -2.19. The number of hydrogen-bond acceptors (Lipinski definition) is 5. The SMILES string of the molecule is CN(c1ccc(NC(=O)Nc2ccccc2)cc1)c1cccc(Nc2cccc(S(N)(=O)=O)c2)c1. The van der Waals surface area contributed by atoms with Crippen LogP contribution in [0.15, 0.2) is 108 Å². The van der Waals surface area contributed by atoms with Crippen LogP contribution in [0, 0.1) is 0 Å². The Morgan fingerprint density at radius 3 is 1.91 bits per heavy atom. The summed E-state index contributed by atoms with van der Waals surface area (Å²) in [6.07, 6.45) is 0. The zero-order chi connectivity index (χ0) is 24.8. The van der Waals surface area contributed by atoms with E-state index >= 15 is 0 Å². The van der Waals surface area contributed by atoms with Crippen molar-refractivity contribution in [2.75, 3.05) is 27.9 Å². The molecule has 0 bridgehead atoms. The third-order valence-corrected chi connectivity index (χ3v) is 6.14. The van der Waals surface area contributed by atoms with Crippen molar-refractivity contribution in [3.8, 4) is 0 Å². The number of nitrogens with one attached hydrogen (secondary N) is 3. The molecular formula is C26H25N5O3S. The fourth-order valence-electron chi connectivity index (χ4n) is 3.44. The van der Waals surface area contributed by atoms with Crippen molar-refractivity contribution in [3.05, 3.63) is 103 Å². The average molecular weight is 488 g/mol. The molecule has 0 saturated heterocycles. The van der Waals surface area contributed by atoms with Gasteiger partial charge in [-0.05, 0) is 72.8 Å². The van der Waals surface area contributed by atoms with E-state index in [0.717, 1.165) is 17.1 Å². The van der Waals surface area contributed by atoms with E-state index in [1.165, 1.54) is 12.1 Å². The number of nitrogens with zero attached hydrogens (tertiary/aromatic N) is 1. The quantitative estimate of drug-likeness (QED) is 0.275. The lowest BCUT2D eigenvalue weighted by molar-refractivity contribution is 0.262. The number of rotatable bonds is 7. The van der Waals surface area contributed by atoms with Crippen LogP contribution in [0.4, 0.5) is 38.9 Å². The van der Waals surface area contributed by atoms with Gasteiger partial charge in [0, 0.05) is 41.2 Å². The largest absolute Gasteiger partial charge is 0.355 e. The number of hydrogen-bond donors (Lipinski definition) is 4. The third-order valence-electron chi connectivity index (χ3n) is 5.23. The number of carbonyl (C=O) groups is 1. The number of urea groups is 1. The maximum absolute atomic E-state index is 12.2. The van der Waals surface area contributed by atoms with E-state index in [1.807, 2.05) is 90.8 Å². The smallest absolute Gasteiger partial charge is 0.323 e. The van der Waals surface area contributed by atoms with E-state index in [1.54, 1.807) is 12.1 Å². The van der Waals surface area contributed by atoms with Crippen molar-refractivity contribution in [2.24, 2.45) is 5.14 Å². The molecule has 5 N–H and O–H groups in total. The minimum absolute atomic E-state index is 0.0434. The van der Waals surface area contributed by atoms with Crippen molar-refractivity contribution >= 4 is 50.2 Å². The summed E-state index contributed by atoms with van der Waals surface area (Å²) < 4.78 is 23.2. The molecule has 178 valence electrons. The highest BCUT2D eigenvalue weighted by atomic mass is 32.2. The lowest BCUT2D eigenvalue weighted by Gasteiger charge is -2.21. The Kier molecular flexibility index (Phi) is 7.00. The van der Waals surface area contributed by atoms with E-state index in [2.05, 4.69) is 16.0 Å². The van der Waals surface area contributed by atoms with Crippen LogP contribution in [0.5, 0.6) is 0 Å². The molecular weight excluding hydrogens is 462 g/mol. The fraction of sp³-hybridized carbons (Fsp3) is 0.0385. The van der Waals surface area contributed by atoms with Gasteiger partial charge in [0.05, 0.1) is 4.90 Å². The predicted octanol–water partition coefficient (Wildman–Crippen LogP) is 5.49. The van der Waals surface area contributed by atoms with Crippen LogP contribution in [0.2, 0.25) is 0 Å². The maximum Gasteiger partial charge on any atom is 0.323 e. The molecule has 9 heteroatoms. The molecule has 0 aliphatic rings. The minimum Gasteiger partial charge on any atom is -0.355 e. The Morgan fingerprint density at radius 2 is 1.26 bits per heavy atom.